The maximum Gasteiger partial charge on any atom is 0.124 e. The van der Waals surface area contributed by atoms with Gasteiger partial charge in [0.25, 0.3) is 0 Å². The summed E-state index contributed by atoms with van der Waals surface area (Å²) in [6.07, 6.45) is 0. The second kappa shape index (κ2) is 6.63. The molecule has 0 atom stereocenters. The third-order valence-electron chi connectivity index (χ3n) is 3.16. The van der Waals surface area contributed by atoms with Gasteiger partial charge in [-0.1, -0.05) is 56.3 Å². The number of hydrogen-bond donors (Lipinski definition) is 0. The van der Waals surface area contributed by atoms with Crippen molar-refractivity contribution in [2.75, 3.05) is 0 Å². The molecule has 0 bridgehead atoms. The van der Waals surface area contributed by atoms with Crippen LogP contribution in [0.15, 0.2) is 48.5 Å². The average molecular weight is 275 g/mol. The van der Waals surface area contributed by atoms with Crippen molar-refractivity contribution in [3.63, 3.8) is 0 Å². The van der Waals surface area contributed by atoms with E-state index in [9.17, 15) is 0 Å². The smallest absolute Gasteiger partial charge is 0.124 e. The van der Waals surface area contributed by atoms with Crippen LogP contribution in [0.3, 0.4) is 0 Å². The molecule has 0 unspecified atom stereocenters. The molecule has 0 heterocycles. The molecule has 2 aromatic rings. The summed E-state index contributed by atoms with van der Waals surface area (Å²) >= 11 is 5.89. The van der Waals surface area contributed by atoms with Gasteiger partial charge in [-0.3, -0.25) is 0 Å². The fourth-order valence-electron chi connectivity index (χ4n) is 1.91. The minimum Gasteiger partial charge on any atom is -0.489 e. The molecule has 0 N–H and O–H groups in total. The quantitative estimate of drug-likeness (QED) is 0.687. The highest BCUT2D eigenvalue weighted by Crippen LogP contribution is 2.21. The number of alkyl halides is 1. The van der Waals surface area contributed by atoms with Crippen LogP contribution in [0.4, 0.5) is 0 Å². The van der Waals surface area contributed by atoms with Gasteiger partial charge in [0.1, 0.15) is 12.4 Å². The Labute approximate surface area is 120 Å². The van der Waals surface area contributed by atoms with E-state index in [1.54, 1.807) is 0 Å². The minimum atomic E-state index is 0.475. The summed E-state index contributed by atoms with van der Waals surface area (Å²) < 4.78 is 5.83. The first kappa shape index (κ1) is 14.0. The Kier molecular flexibility index (Phi) is 4.86. The molecular weight excluding hydrogens is 256 g/mol. The summed E-state index contributed by atoms with van der Waals surface area (Å²) in [5.74, 6) is 1.90. The Balaban J connectivity index is 2.02. The number of benzene rings is 2. The van der Waals surface area contributed by atoms with Crippen molar-refractivity contribution < 1.29 is 4.74 Å². The van der Waals surface area contributed by atoms with E-state index in [1.807, 2.05) is 24.3 Å². The second-order valence-corrected chi connectivity index (χ2v) is 5.19. The average Bonchev–Trinajstić information content (AvgIpc) is 2.45. The first-order valence-corrected chi connectivity index (χ1v) is 7.09. The zero-order valence-electron chi connectivity index (χ0n) is 11.4. The van der Waals surface area contributed by atoms with Crippen molar-refractivity contribution in [3.8, 4) is 5.75 Å². The molecule has 100 valence electrons. The van der Waals surface area contributed by atoms with Gasteiger partial charge in [-0.05, 0) is 23.1 Å². The zero-order valence-corrected chi connectivity index (χ0v) is 12.2. The number of hydrogen-bond acceptors (Lipinski definition) is 1. The molecule has 0 fully saturated rings. The SMILES string of the molecule is CC(C)c1ccc(COc2ccccc2CCl)cc1. The fourth-order valence-corrected chi connectivity index (χ4v) is 2.14. The van der Waals surface area contributed by atoms with Gasteiger partial charge >= 0.3 is 0 Å². The highest BCUT2D eigenvalue weighted by atomic mass is 35.5. The number of para-hydroxylation sites is 1. The van der Waals surface area contributed by atoms with E-state index >= 15 is 0 Å². The van der Waals surface area contributed by atoms with Crippen LogP contribution >= 0.6 is 11.6 Å². The molecule has 0 aliphatic carbocycles. The summed E-state index contributed by atoms with van der Waals surface area (Å²) in [5, 5.41) is 0. The molecule has 0 saturated carbocycles. The van der Waals surface area contributed by atoms with E-state index in [0.717, 1.165) is 11.3 Å². The summed E-state index contributed by atoms with van der Waals surface area (Å²) in [7, 11) is 0. The predicted octanol–water partition coefficient (Wildman–Crippen LogP) is 5.13. The molecular formula is C17H19ClO. The molecule has 0 spiro atoms. The normalized spacial score (nSPS) is 10.7. The van der Waals surface area contributed by atoms with E-state index in [1.165, 1.54) is 11.1 Å². The largest absolute Gasteiger partial charge is 0.489 e. The Morgan fingerprint density at radius 3 is 2.32 bits per heavy atom. The molecule has 1 nitrogen and oxygen atoms in total. The lowest BCUT2D eigenvalue weighted by Gasteiger charge is -2.11. The van der Waals surface area contributed by atoms with Gasteiger partial charge in [-0.25, -0.2) is 0 Å². The van der Waals surface area contributed by atoms with Crippen molar-refractivity contribution >= 4 is 11.6 Å². The van der Waals surface area contributed by atoms with Gasteiger partial charge in [0, 0.05) is 5.56 Å². The van der Waals surface area contributed by atoms with Gasteiger partial charge in [0.05, 0.1) is 5.88 Å². The van der Waals surface area contributed by atoms with E-state index in [4.69, 9.17) is 16.3 Å². The first-order valence-electron chi connectivity index (χ1n) is 6.56. The molecule has 0 aliphatic heterocycles. The van der Waals surface area contributed by atoms with Crippen molar-refractivity contribution in [3.05, 3.63) is 65.2 Å². The Morgan fingerprint density at radius 1 is 1.00 bits per heavy atom. The first-order chi connectivity index (χ1) is 9.20. The maximum absolute atomic E-state index is 5.89. The van der Waals surface area contributed by atoms with Crippen molar-refractivity contribution in [1.29, 1.82) is 0 Å². The van der Waals surface area contributed by atoms with E-state index in [2.05, 4.69) is 38.1 Å². The zero-order chi connectivity index (χ0) is 13.7. The van der Waals surface area contributed by atoms with Crippen LogP contribution < -0.4 is 4.74 Å². The highest BCUT2D eigenvalue weighted by molar-refractivity contribution is 6.17. The Hall–Kier alpha value is -1.47. The van der Waals surface area contributed by atoms with Gasteiger partial charge in [0.2, 0.25) is 0 Å². The predicted molar refractivity (Wildman–Crippen MR) is 80.9 cm³/mol. The third kappa shape index (κ3) is 3.74. The standard InChI is InChI=1S/C17H19ClO/c1-13(2)15-9-7-14(8-10-15)12-19-17-6-4-3-5-16(17)11-18/h3-10,13H,11-12H2,1-2H3. The van der Waals surface area contributed by atoms with E-state index in [0.29, 0.717) is 18.4 Å². The Bertz CT molecular complexity index is 517. The summed E-state index contributed by atoms with van der Waals surface area (Å²) in [6.45, 7) is 4.97. The lowest BCUT2D eigenvalue weighted by molar-refractivity contribution is 0.304. The van der Waals surface area contributed by atoms with Gasteiger partial charge in [-0.15, -0.1) is 11.6 Å². The number of rotatable bonds is 5. The van der Waals surface area contributed by atoms with Crippen molar-refractivity contribution in [2.45, 2.75) is 32.3 Å². The molecule has 0 aliphatic rings. The number of halogens is 1. The third-order valence-corrected chi connectivity index (χ3v) is 3.45. The van der Waals surface area contributed by atoms with Crippen LogP contribution in [-0.2, 0) is 12.5 Å². The monoisotopic (exact) mass is 274 g/mol. The highest BCUT2D eigenvalue weighted by Gasteiger charge is 2.03. The Morgan fingerprint density at radius 2 is 1.68 bits per heavy atom. The van der Waals surface area contributed by atoms with Crippen molar-refractivity contribution in [2.24, 2.45) is 0 Å². The number of ether oxygens (including phenoxy) is 1. The topological polar surface area (TPSA) is 9.23 Å². The van der Waals surface area contributed by atoms with Crippen LogP contribution in [0.2, 0.25) is 0 Å². The maximum atomic E-state index is 5.89. The molecule has 0 saturated heterocycles. The van der Waals surface area contributed by atoms with Gasteiger partial charge in [0.15, 0.2) is 0 Å². The van der Waals surface area contributed by atoms with Crippen molar-refractivity contribution in [1.82, 2.24) is 0 Å². The summed E-state index contributed by atoms with van der Waals surface area (Å²) in [5.41, 5.74) is 3.56. The lowest BCUT2D eigenvalue weighted by atomic mass is 10.0. The molecule has 2 heteroatoms. The summed E-state index contributed by atoms with van der Waals surface area (Å²) in [4.78, 5) is 0. The fraction of sp³-hybridized carbons (Fsp3) is 0.294. The van der Waals surface area contributed by atoms with Crippen LogP contribution in [0.25, 0.3) is 0 Å². The second-order valence-electron chi connectivity index (χ2n) is 4.93. The molecule has 2 rings (SSSR count). The van der Waals surface area contributed by atoms with Crippen LogP contribution in [-0.4, -0.2) is 0 Å². The molecule has 0 radical (unpaired) electrons. The van der Waals surface area contributed by atoms with Crippen LogP contribution in [0.1, 0.15) is 36.5 Å². The molecule has 2 aromatic carbocycles. The lowest BCUT2D eigenvalue weighted by Crippen LogP contribution is -1.98. The minimum absolute atomic E-state index is 0.475. The van der Waals surface area contributed by atoms with Crippen LogP contribution in [0, 0.1) is 0 Å². The van der Waals surface area contributed by atoms with Gasteiger partial charge < -0.3 is 4.74 Å². The summed E-state index contributed by atoms with van der Waals surface area (Å²) in [6, 6.07) is 16.5. The molecule has 0 amide bonds. The van der Waals surface area contributed by atoms with Gasteiger partial charge in [-0.2, -0.15) is 0 Å². The van der Waals surface area contributed by atoms with E-state index < -0.39 is 0 Å². The molecule has 0 aromatic heterocycles. The molecule has 19 heavy (non-hydrogen) atoms. The van der Waals surface area contributed by atoms with Crippen LogP contribution in [0.5, 0.6) is 5.75 Å². The van der Waals surface area contributed by atoms with E-state index in [-0.39, 0.29) is 0 Å².